The zero-order valence-corrected chi connectivity index (χ0v) is 16.3. The molecule has 0 unspecified atom stereocenters. The highest BCUT2D eigenvalue weighted by atomic mass is 16.2. The Morgan fingerprint density at radius 1 is 1.13 bits per heavy atom. The number of nitrogens with zero attached hydrogens (tertiary/aromatic N) is 2. The number of carbonyl (C=O) groups is 1. The molecule has 1 aliphatic carbocycles. The van der Waals surface area contributed by atoms with Crippen LogP contribution in [0.1, 0.15) is 73.1 Å². The Balaban J connectivity index is 1.82. The Morgan fingerprint density at radius 3 is 2.09 bits per heavy atom. The second-order valence-corrected chi connectivity index (χ2v) is 9.69. The van der Waals surface area contributed by atoms with Crippen LogP contribution in [0.3, 0.4) is 0 Å². The lowest BCUT2D eigenvalue weighted by Gasteiger charge is -2.48. The van der Waals surface area contributed by atoms with Gasteiger partial charge in [0, 0.05) is 31.6 Å². The molecule has 1 saturated heterocycles. The van der Waals surface area contributed by atoms with Crippen molar-refractivity contribution in [1.82, 2.24) is 9.80 Å². The second-order valence-electron chi connectivity index (χ2n) is 9.69. The van der Waals surface area contributed by atoms with E-state index in [1.165, 1.54) is 45.1 Å². The lowest BCUT2D eigenvalue weighted by molar-refractivity contribution is -0.137. The molecule has 134 valence electrons. The summed E-state index contributed by atoms with van der Waals surface area (Å²) in [7, 11) is 2.30. The van der Waals surface area contributed by atoms with Crippen LogP contribution in [0.5, 0.6) is 0 Å². The Morgan fingerprint density at radius 2 is 1.65 bits per heavy atom. The van der Waals surface area contributed by atoms with Crippen molar-refractivity contribution < 1.29 is 4.79 Å². The highest BCUT2D eigenvalue weighted by Crippen LogP contribution is 2.45. The molecule has 2 aliphatic rings. The summed E-state index contributed by atoms with van der Waals surface area (Å²) in [6.07, 6.45) is 7.84. The maximum Gasteiger partial charge on any atom is 0.225 e. The maximum absolute atomic E-state index is 12.2. The number of hydrogen-bond acceptors (Lipinski definition) is 2. The fraction of sp³-hybridized carbons (Fsp3) is 0.950. The number of rotatable bonds is 3. The van der Waals surface area contributed by atoms with Gasteiger partial charge in [-0.1, -0.05) is 34.6 Å². The Bertz CT molecular complexity index is 392. The van der Waals surface area contributed by atoms with Crippen LogP contribution in [-0.4, -0.2) is 48.4 Å². The van der Waals surface area contributed by atoms with E-state index in [9.17, 15) is 4.79 Å². The van der Waals surface area contributed by atoms with Crippen molar-refractivity contribution >= 4 is 5.91 Å². The van der Waals surface area contributed by atoms with Crippen molar-refractivity contribution in [2.24, 2.45) is 16.7 Å². The molecular formula is C20H38N2O. The zero-order valence-electron chi connectivity index (χ0n) is 16.3. The topological polar surface area (TPSA) is 23.6 Å². The minimum Gasteiger partial charge on any atom is -0.342 e. The van der Waals surface area contributed by atoms with Gasteiger partial charge in [0.25, 0.3) is 0 Å². The Hall–Kier alpha value is -0.570. The Kier molecular flexibility index (Phi) is 5.81. The molecule has 1 saturated carbocycles. The normalized spacial score (nSPS) is 23.0. The lowest BCUT2D eigenvalue weighted by atomic mass is 9.66. The van der Waals surface area contributed by atoms with Crippen LogP contribution in [-0.2, 0) is 4.79 Å². The van der Waals surface area contributed by atoms with Gasteiger partial charge in [-0.15, -0.1) is 0 Å². The molecule has 3 heteroatoms. The monoisotopic (exact) mass is 322 g/mol. The first-order valence-corrected chi connectivity index (χ1v) is 9.61. The lowest BCUT2D eigenvalue weighted by Crippen LogP contribution is -2.48. The van der Waals surface area contributed by atoms with Crippen LogP contribution in [0.2, 0.25) is 0 Å². The first kappa shape index (κ1) is 18.8. The van der Waals surface area contributed by atoms with E-state index in [2.05, 4.69) is 37.6 Å². The molecular weight excluding hydrogens is 284 g/mol. The zero-order chi connectivity index (χ0) is 17.3. The quantitative estimate of drug-likeness (QED) is 0.778. The molecule has 0 aromatic carbocycles. The summed E-state index contributed by atoms with van der Waals surface area (Å²) in [6, 6.07) is 0.759. The van der Waals surface area contributed by atoms with Gasteiger partial charge in [-0.05, 0) is 56.4 Å². The second kappa shape index (κ2) is 7.13. The van der Waals surface area contributed by atoms with E-state index >= 15 is 0 Å². The molecule has 3 nitrogen and oxygen atoms in total. The summed E-state index contributed by atoms with van der Waals surface area (Å²) < 4.78 is 0. The van der Waals surface area contributed by atoms with Crippen LogP contribution in [0.15, 0.2) is 0 Å². The molecule has 0 aromatic rings. The smallest absolute Gasteiger partial charge is 0.225 e. The predicted molar refractivity (Wildman–Crippen MR) is 97.4 cm³/mol. The highest BCUT2D eigenvalue weighted by Gasteiger charge is 2.40. The molecule has 2 fully saturated rings. The summed E-state index contributed by atoms with van der Waals surface area (Å²) in [6.45, 7) is 14.2. The van der Waals surface area contributed by atoms with E-state index in [-0.39, 0.29) is 5.92 Å². The van der Waals surface area contributed by atoms with E-state index < -0.39 is 0 Å². The molecule has 1 heterocycles. The van der Waals surface area contributed by atoms with Crippen molar-refractivity contribution in [2.75, 3.05) is 26.7 Å². The predicted octanol–water partition coefficient (Wildman–Crippen LogP) is 4.17. The summed E-state index contributed by atoms with van der Waals surface area (Å²) in [5, 5.41) is 0. The Labute approximate surface area is 143 Å². The molecule has 1 spiro atoms. The van der Waals surface area contributed by atoms with Gasteiger partial charge in [0.1, 0.15) is 0 Å². The van der Waals surface area contributed by atoms with Gasteiger partial charge in [0.15, 0.2) is 0 Å². The summed E-state index contributed by atoms with van der Waals surface area (Å²) in [4.78, 5) is 16.9. The van der Waals surface area contributed by atoms with Gasteiger partial charge in [0.05, 0.1) is 0 Å². The third-order valence-corrected chi connectivity index (χ3v) is 5.99. The maximum atomic E-state index is 12.2. The number of likely N-dealkylation sites (tertiary alicyclic amines) is 1. The van der Waals surface area contributed by atoms with Gasteiger partial charge in [0.2, 0.25) is 5.91 Å². The van der Waals surface area contributed by atoms with Crippen molar-refractivity contribution in [3.05, 3.63) is 0 Å². The first-order valence-electron chi connectivity index (χ1n) is 9.61. The van der Waals surface area contributed by atoms with Crippen LogP contribution < -0.4 is 0 Å². The molecule has 2 rings (SSSR count). The fourth-order valence-electron chi connectivity index (χ4n) is 4.60. The van der Waals surface area contributed by atoms with E-state index in [1.807, 2.05) is 13.8 Å². The fourth-order valence-corrected chi connectivity index (χ4v) is 4.60. The van der Waals surface area contributed by atoms with Crippen molar-refractivity contribution in [2.45, 2.75) is 79.2 Å². The van der Waals surface area contributed by atoms with Gasteiger partial charge in [-0.3, -0.25) is 4.79 Å². The first-order chi connectivity index (χ1) is 10.6. The van der Waals surface area contributed by atoms with Crippen LogP contribution in [0.4, 0.5) is 0 Å². The van der Waals surface area contributed by atoms with Gasteiger partial charge >= 0.3 is 0 Å². The summed E-state index contributed by atoms with van der Waals surface area (Å²) >= 11 is 0. The SMILES string of the molecule is CC(C)C(=O)N1CCC2(CCC(N(C)CC(C)(C)C)CC2)CC1. The largest absolute Gasteiger partial charge is 0.342 e. The van der Waals surface area contributed by atoms with Crippen molar-refractivity contribution in [1.29, 1.82) is 0 Å². The van der Waals surface area contributed by atoms with E-state index in [0.29, 0.717) is 16.7 Å². The minimum atomic E-state index is 0.144. The number of amides is 1. The minimum absolute atomic E-state index is 0.144. The van der Waals surface area contributed by atoms with Crippen LogP contribution in [0, 0.1) is 16.7 Å². The van der Waals surface area contributed by atoms with E-state index in [1.54, 1.807) is 0 Å². The van der Waals surface area contributed by atoms with E-state index in [4.69, 9.17) is 0 Å². The molecule has 23 heavy (non-hydrogen) atoms. The molecule has 0 aromatic heterocycles. The van der Waals surface area contributed by atoms with Gasteiger partial charge in [-0.25, -0.2) is 0 Å². The van der Waals surface area contributed by atoms with Crippen molar-refractivity contribution in [3.8, 4) is 0 Å². The molecule has 1 aliphatic heterocycles. The number of piperidine rings is 1. The molecule has 0 atom stereocenters. The third kappa shape index (κ3) is 4.95. The molecule has 1 amide bonds. The average Bonchev–Trinajstić information content (AvgIpc) is 2.46. The van der Waals surface area contributed by atoms with Crippen molar-refractivity contribution in [3.63, 3.8) is 0 Å². The molecule has 0 bridgehead atoms. The summed E-state index contributed by atoms with van der Waals surface area (Å²) in [5.41, 5.74) is 0.916. The van der Waals surface area contributed by atoms with Gasteiger partial charge in [-0.2, -0.15) is 0 Å². The number of hydrogen-bond donors (Lipinski definition) is 0. The number of carbonyl (C=O) groups excluding carboxylic acids is 1. The highest BCUT2D eigenvalue weighted by molar-refractivity contribution is 5.78. The van der Waals surface area contributed by atoms with Gasteiger partial charge < -0.3 is 9.80 Å². The standard InChI is InChI=1S/C20H38N2O/c1-16(2)18(23)22-13-11-20(12-14-22)9-7-17(8-10-20)21(6)15-19(3,4)5/h16-17H,7-15H2,1-6H3. The average molecular weight is 323 g/mol. The molecule has 0 radical (unpaired) electrons. The summed E-state index contributed by atoms with van der Waals surface area (Å²) in [5.74, 6) is 0.490. The molecule has 0 N–H and O–H groups in total. The third-order valence-electron chi connectivity index (χ3n) is 5.99. The van der Waals surface area contributed by atoms with E-state index in [0.717, 1.165) is 19.1 Å². The van der Waals surface area contributed by atoms with Crippen LogP contribution in [0.25, 0.3) is 0 Å². The van der Waals surface area contributed by atoms with Crippen LogP contribution >= 0.6 is 0 Å².